The summed E-state index contributed by atoms with van der Waals surface area (Å²) < 4.78 is 19.2. The van der Waals surface area contributed by atoms with Gasteiger partial charge < -0.3 is 10.1 Å². The van der Waals surface area contributed by atoms with Crippen LogP contribution in [0.25, 0.3) is 0 Å². The van der Waals surface area contributed by atoms with E-state index in [1.165, 1.54) is 6.07 Å². The van der Waals surface area contributed by atoms with E-state index in [9.17, 15) is 4.39 Å². The van der Waals surface area contributed by atoms with Crippen molar-refractivity contribution in [1.82, 2.24) is 15.0 Å². The van der Waals surface area contributed by atoms with Crippen LogP contribution in [0.5, 0.6) is 6.01 Å². The Labute approximate surface area is 121 Å². The molecule has 0 saturated heterocycles. The van der Waals surface area contributed by atoms with Crippen LogP contribution in [0, 0.1) is 12.7 Å². The highest BCUT2D eigenvalue weighted by Crippen LogP contribution is 2.20. The van der Waals surface area contributed by atoms with Crippen molar-refractivity contribution in [3.05, 3.63) is 29.6 Å². The molecule has 0 spiro atoms. The van der Waals surface area contributed by atoms with Crippen LogP contribution in [0.1, 0.15) is 19.4 Å². The van der Waals surface area contributed by atoms with Gasteiger partial charge in [-0.05, 0) is 38.5 Å². The van der Waals surface area contributed by atoms with Crippen molar-refractivity contribution in [2.24, 2.45) is 5.84 Å². The summed E-state index contributed by atoms with van der Waals surface area (Å²) in [7, 11) is 0. The van der Waals surface area contributed by atoms with Crippen LogP contribution in [0.2, 0.25) is 0 Å². The number of nitrogen functional groups attached to an aromatic ring is 1. The number of rotatable bonds is 5. The van der Waals surface area contributed by atoms with Gasteiger partial charge in [-0.25, -0.2) is 10.2 Å². The van der Waals surface area contributed by atoms with E-state index < -0.39 is 5.82 Å². The first kappa shape index (κ1) is 14.9. The zero-order valence-corrected chi connectivity index (χ0v) is 12.0. The molecule has 21 heavy (non-hydrogen) atoms. The van der Waals surface area contributed by atoms with Crippen molar-refractivity contribution in [3.8, 4) is 6.01 Å². The largest absolute Gasteiger partial charge is 0.461 e. The van der Waals surface area contributed by atoms with E-state index in [1.807, 2.05) is 13.8 Å². The summed E-state index contributed by atoms with van der Waals surface area (Å²) in [5.74, 6) is 5.16. The number of nitrogens with zero attached hydrogens (tertiary/aromatic N) is 3. The topological polar surface area (TPSA) is 98.0 Å². The lowest BCUT2D eigenvalue weighted by atomic mass is 10.2. The van der Waals surface area contributed by atoms with E-state index in [4.69, 9.17) is 10.6 Å². The fourth-order valence-electron chi connectivity index (χ4n) is 1.58. The summed E-state index contributed by atoms with van der Waals surface area (Å²) in [6.07, 6.45) is -0.109. The minimum absolute atomic E-state index is 0.1000. The second-order valence-corrected chi connectivity index (χ2v) is 4.68. The van der Waals surface area contributed by atoms with Gasteiger partial charge in [-0.1, -0.05) is 6.07 Å². The SMILES string of the molecule is Cc1ccc(Nc2nc(NN)nc(OC(C)C)n2)c(F)c1. The van der Waals surface area contributed by atoms with Crippen LogP contribution >= 0.6 is 0 Å². The van der Waals surface area contributed by atoms with Crippen molar-refractivity contribution >= 4 is 17.6 Å². The third kappa shape index (κ3) is 3.99. The molecule has 0 atom stereocenters. The summed E-state index contributed by atoms with van der Waals surface area (Å²) in [4.78, 5) is 12.0. The monoisotopic (exact) mass is 292 g/mol. The molecule has 0 saturated carbocycles. The second-order valence-electron chi connectivity index (χ2n) is 4.68. The van der Waals surface area contributed by atoms with Crippen LogP contribution in [0.3, 0.4) is 0 Å². The first-order chi connectivity index (χ1) is 9.97. The van der Waals surface area contributed by atoms with Crippen molar-refractivity contribution in [2.45, 2.75) is 26.9 Å². The molecule has 0 bridgehead atoms. The number of hydrogen-bond donors (Lipinski definition) is 3. The van der Waals surface area contributed by atoms with Gasteiger partial charge >= 0.3 is 6.01 Å². The Kier molecular flexibility index (Phi) is 4.49. The van der Waals surface area contributed by atoms with Crippen LogP contribution in [-0.4, -0.2) is 21.1 Å². The van der Waals surface area contributed by atoms with Gasteiger partial charge in [0.1, 0.15) is 5.82 Å². The Morgan fingerprint density at radius 1 is 1.19 bits per heavy atom. The number of nitrogens with one attached hydrogen (secondary N) is 2. The molecular weight excluding hydrogens is 275 g/mol. The number of aromatic nitrogens is 3. The standard InChI is InChI=1S/C13H17FN6O/c1-7(2)21-13-18-11(17-12(19-13)20-15)16-10-5-4-8(3)6-9(10)14/h4-7H,15H2,1-3H3,(H2,16,17,18,19,20). The number of hydrogen-bond acceptors (Lipinski definition) is 7. The Morgan fingerprint density at radius 3 is 2.52 bits per heavy atom. The maximum atomic E-state index is 13.8. The average molecular weight is 292 g/mol. The quantitative estimate of drug-likeness (QED) is 0.573. The summed E-state index contributed by atoms with van der Waals surface area (Å²) in [5.41, 5.74) is 3.39. The molecule has 0 fully saturated rings. The predicted octanol–water partition coefficient (Wildman–Crippen LogP) is 2.14. The van der Waals surface area contributed by atoms with E-state index >= 15 is 0 Å². The molecule has 0 aliphatic heterocycles. The molecule has 0 aliphatic carbocycles. The molecule has 0 amide bonds. The third-order valence-electron chi connectivity index (χ3n) is 2.46. The highest BCUT2D eigenvalue weighted by Gasteiger charge is 2.10. The van der Waals surface area contributed by atoms with E-state index in [1.54, 1.807) is 19.1 Å². The normalized spacial score (nSPS) is 10.6. The van der Waals surface area contributed by atoms with Crippen molar-refractivity contribution in [2.75, 3.05) is 10.7 Å². The average Bonchev–Trinajstić information content (AvgIpc) is 2.41. The highest BCUT2D eigenvalue weighted by atomic mass is 19.1. The lowest BCUT2D eigenvalue weighted by molar-refractivity contribution is 0.222. The first-order valence-electron chi connectivity index (χ1n) is 6.40. The maximum absolute atomic E-state index is 13.8. The molecule has 0 aliphatic rings. The minimum atomic E-state index is -0.399. The van der Waals surface area contributed by atoms with Crippen LogP contribution in [-0.2, 0) is 0 Å². The van der Waals surface area contributed by atoms with E-state index in [0.717, 1.165) is 5.56 Å². The number of nitrogens with two attached hydrogens (primary N) is 1. The number of halogens is 1. The van der Waals surface area contributed by atoms with E-state index in [-0.39, 0.29) is 29.7 Å². The maximum Gasteiger partial charge on any atom is 0.323 e. The van der Waals surface area contributed by atoms with Crippen molar-refractivity contribution < 1.29 is 9.13 Å². The molecule has 2 aromatic rings. The summed E-state index contributed by atoms with van der Waals surface area (Å²) in [5, 5.41) is 2.77. The molecule has 2 rings (SSSR count). The fourth-order valence-corrected chi connectivity index (χ4v) is 1.58. The summed E-state index contributed by atoms with van der Waals surface area (Å²) in [6.45, 7) is 5.49. The number of aryl methyl sites for hydroxylation is 1. The lowest BCUT2D eigenvalue weighted by Crippen LogP contribution is -2.15. The predicted molar refractivity (Wildman–Crippen MR) is 77.8 cm³/mol. The Morgan fingerprint density at radius 2 is 1.90 bits per heavy atom. The molecular formula is C13H17FN6O. The number of benzene rings is 1. The summed E-state index contributed by atoms with van der Waals surface area (Å²) >= 11 is 0. The molecule has 1 aromatic heterocycles. The number of anilines is 3. The van der Waals surface area contributed by atoms with Gasteiger partial charge in [0.05, 0.1) is 11.8 Å². The van der Waals surface area contributed by atoms with Crippen molar-refractivity contribution in [3.63, 3.8) is 0 Å². The van der Waals surface area contributed by atoms with Crippen LogP contribution < -0.4 is 21.3 Å². The van der Waals surface area contributed by atoms with Crippen molar-refractivity contribution in [1.29, 1.82) is 0 Å². The molecule has 0 unspecified atom stereocenters. The molecule has 4 N–H and O–H groups in total. The zero-order valence-electron chi connectivity index (χ0n) is 12.0. The smallest absolute Gasteiger partial charge is 0.323 e. The summed E-state index contributed by atoms with van der Waals surface area (Å²) in [6, 6.07) is 4.90. The molecule has 0 radical (unpaired) electrons. The van der Waals surface area contributed by atoms with Gasteiger partial charge in [0, 0.05) is 0 Å². The van der Waals surface area contributed by atoms with Crippen LogP contribution in [0.15, 0.2) is 18.2 Å². The first-order valence-corrected chi connectivity index (χ1v) is 6.40. The van der Waals surface area contributed by atoms with Gasteiger partial charge in [-0.15, -0.1) is 0 Å². The van der Waals surface area contributed by atoms with Crippen LogP contribution in [0.4, 0.5) is 22.0 Å². The lowest BCUT2D eigenvalue weighted by Gasteiger charge is -2.11. The molecule has 1 heterocycles. The Bertz CT molecular complexity index is 634. The fraction of sp³-hybridized carbons (Fsp3) is 0.308. The van der Waals surface area contributed by atoms with E-state index in [2.05, 4.69) is 25.7 Å². The van der Waals surface area contributed by atoms with Gasteiger partial charge in [0.15, 0.2) is 0 Å². The van der Waals surface area contributed by atoms with E-state index in [0.29, 0.717) is 0 Å². The third-order valence-corrected chi connectivity index (χ3v) is 2.46. The van der Waals surface area contributed by atoms with Gasteiger partial charge in [0.2, 0.25) is 11.9 Å². The Balaban J connectivity index is 2.29. The molecule has 8 heteroatoms. The minimum Gasteiger partial charge on any atom is -0.461 e. The number of hydrazine groups is 1. The highest BCUT2D eigenvalue weighted by molar-refractivity contribution is 5.55. The molecule has 112 valence electrons. The Hall–Kier alpha value is -2.48. The second kappa shape index (κ2) is 6.31. The number of ether oxygens (including phenoxy) is 1. The van der Waals surface area contributed by atoms with Gasteiger partial charge in [-0.2, -0.15) is 15.0 Å². The van der Waals surface area contributed by atoms with Gasteiger partial charge in [0.25, 0.3) is 0 Å². The molecule has 1 aromatic carbocycles. The molecule has 7 nitrogen and oxygen atoms in total. The van der Waals surface area contributed by atoms with Gasteiger partial charge in [-0.3, -0.25) is 5.43 Å². The zero-order chi connectivity index (χ0) is 15.4.